The predicted octanol–water partition coefficient (Wildman–Crippen LogP) is 0.920. The average Bonchev–Trinajstić information content (AvgIpc) is 2.63. The van der Waals surface area contributed by atoms with Crippen LogP contribution >= 0.6 is 0 Å². The van der Waals surface area contributed by atoms with E-state index in [9.17, 15) is 4.79 Å². The zero-order valence-electron chi connectivity index (χ0n) is 8.24. The number of hydrogen-bond donors (Lipinski definition) is 0. The Kier molecular flexibility index (Phi) is 2.45. The fraction of sp³-hybridized carbons (Fsp3) is 0.100. The predicted molar refractivity (Wildman–Crippen MR) is 56.6 cm³/mol. The number of allylic oxidation sites excluding steroid dienone is 1. The van der Waals surface area contributed by atoms with E-state index in [4.69, 9.17) is 0 Å². The fourth-order valence-corrected chi connectivity index (χ4v) is 1.24. The topological polar surface area (TPSA) is 52.7 Å². The highest BCUT2D eigenvalue weighted by molar-refractivity contribution is 5.28. The molecule has 0 aromatic carbocycles. The molecule has 5 nitrogen and oxygen atoms in total. The molecule has 0 N–H and O–H groups in total. The smallest absolute Gasteiger partial charge is 0.265 e. The van der Waals surface area contributed by atoms with Crippen molar-refractivity contribution in [2.45, 2.75) is 6.92 Å². The van der Waals surface area contributed by atoms with E-state index >= 15 is 0 Å². The Morgan fingerprint density at radius 2 is 2.07 bits per heavy atom. The van der Waals surface area contributed by atoms with Crippen LogP contribution in [0.2, 0.25) is 0 Å². The van der Waals surface area contributed by atoms with Crippen LogP contribution < -0.4 is 5.69 Å². The third-order valence-corrected chi connectivity index (χ3v) is 1.91. The van der Waals surface area contributed by atoms with Gasteiger partial charge in [-0.15, -0.1) is 0 Å². The summed E-state index contributed by atoms with van der Waals surface area (Å²) >= 11 is 0. The summed E-state index contributed by atoms with van der Waals surface area (Å²) < 4.78 is 2.74. The van der Waals surface area contributed by atoms with Crippen LogP contribution in [0.25, 0.3) is 11.9 Å². The van der Waals surface area contributed by atoms with Gasteiger partial charge in [0, 0.05) is 18.6 Å². The summed E-state index contributed by atoms with van der Waals surface area (Å²) in [6, 6.07) is 3.46. The molecule has 0 radical (unpaired) electrons. The van der Waals surface area contributed by atoms with Crippen molar-refractivity contribution in [3.8, 4) is 5.69 Å². The highest BCUT2D eigenvalue weighted by Crippen LogP contribution is 1.99. The summed E-state index contributed by atoms with van der Waals surface area (Å²) in [5.74, 6) is 0. The van der Waals surface area contributed by atoms with Crippen molar-refractivity contribution in [3.05, 3.63) is 47.4 Å². The van der Waals surface area contributed by atoms with Gasteiger partial charge in [0.2, 0.25) is 0 Å². The zero-order valence-corrected chi connectivity index (χ0v) is 8.24. The quantitative estimate of drug-likeness (QED) is 0.727. The number of hydrogen-bond acceptors (Lipinski definition) is 3. The molecular formula is C10H10N4O. The van der Waals surface area contributed by atoms with Crippen molar-refractivity contribution in [1.82, 2.24) is 19.3 Å². The summed E-state index contributed by atoms with van der Waals surface area (Å²) in [7, 11) is 0. The number of rotatable bonds is 2. The molecule has 0 saturated heterocycles. The van der Waals surface area contributed by atoms with Crippen molar-refractivity contribution >= 4 is 6.20 Å². The molecule has 0 atom stereocenters. The standard InChI is InChI=1S/C10H10N4O/c1-2-7-13-8-12-14(10(13)15)9-3-5-11-6-4-9/h2-8H,1H3/b7-2-. The first-order valence-electron chi connectivity index (χ1n) is 4.52. The lowest BCUT2D eigenvalue weighted by molar-refractivity contribution is 0.832. The molecule has 2 rings (SSSR count). The van der Waals surface area contributed by atoms with Crippen molar-refractivity contribution in [2.75, 3.05) is 0 Å². The van der Waals surface area contributed by atoms with Gasteiger partial charge in [0.15, 0.2) is 0 Å². The number of nitrogens with zero attached hydrogens (tertiary/aromatic N) is 4. The molecule has 5 heteroatoms. The molecule has 0 aliphatic heterocycles. The first-order chi connectivity index (χ1) is 7.33. The van der Waals surface area contributed by atoms with Crippen LogP contribution in [-0.4, -0.2) is 19.3 Å². The van der Waals surface area contributed by atoms with Crippen molar-refractivity contribution < 1.29 is 0 Å². The van der Waals surface area contributed by atoms with Gasteiger partial charge in [-0.25, -0.2) is 4.79 Å². The van der Waals surface area contributed by atoms with Crippen molar-refractivity contribution in [1.29, 1.82) is 0 Å². The van der Waals surface area contributed by atoms with Gasteiger partial charge in [-0.3, -0.25) is 9.55 Å². The Morgan fingerprint density at radius 3 is 2.73 bits per heavy atom. The van der Waals surface area contributed by atoms with E-state index in [-0.39, 0.29) is 5.69 Å². The van der Waals surface area contributed by atoms with Crippen LogP contribution in [-0.2, 0) is 0 Å². The van der Waals surface area contributed by atoms with Crippen molar-refractivity contribution in [2.24, 2.45) is 0 Å². The van der Waals surface area contributed by atoms with Gasteiger partial charge in [0.1, 0.15) is 6.33 Å². The van der Waals surface area contributed by atoms with Gasteiger partial charge in [0.05, 0.1) is 5.69 Å². The van der Waals surface area contributed by atoms with E-state index < -0.39 is 0 Å². The first kappa shape index (κ1) is 9.39. The van der Waals surface area contributed by atoms with Crippen molar-refractivity contribution in [3.63, 3.8) is 0 Å². The number of aromatic nitrogens is 4. The maximum Gasteiger partial charge on any atom is 0.354 e. The van der Waals surface area contributed by atoms with Gasteiger partial charge in [-0.05, 0) is 19.1 Å². The van der Waals surface area contributed by atoms with E-state index in [0.29, 0.717) is 5.69 Å². The van der Waals surface area contributed by atoms with E-state index in [1.807, 2.05) is 6.92 Å². The fourth-order valence-electron chi connectivity index (χ4n) is 1.24. The van der Waals surface area contributed by atoms with Gasteiger partial charge in [-0.2, -0.15) is 9.78 Å². The monoisotopic (exact) mass is 202 g/mol. The molecule has 0 fully saturated rings. The maximum atomic E-state index is 11.8. The summed E-state index contributed by atoms with van der Waals surface area (Å²) in [5.41, 5.74) is 0.512. The van der Waals surface area contributed by atoms with Crippen LogP contribution in [0.15, 0.2) is 41.7 Å². The molecule has 2 aromatic rings. The van der Waals surface area contributed by atoms with E-state index in [0.717, 1.165) is 0 Å². The molecule has 0 saturated carbocycles. The first-order valence-corrected chi connectivity index (χ1v) is 4.52. The molecule has 0 unspecified atom stereocenters. The van der Waals surface area contributed by atoms with E-state index in [1.165, 1.54) is 15.6 Å². The molecule has 0 aliphatic carbocycles. The van der Waals surface area contributed by atoms with Crippen LogP contribution in [0.4, 0.5) is 0 Å². The highest BCUT2D eigenvalue weighted by atomic mass is 16.2. The maximum absolute atomic E-state index is 11.8. The van der Waals surface area contributed by atoms with Gasteiger partial charge < -0.3 is 0 Å². The molecular weight excluding hydrogens is 192 g/mol. The molecule has 0 aliphatic rings. The van der Waals surface area contributed by atoms with E-state index in [1.54, 1.807) is 36.8 Å². The molecule has 0 bridgehead atoms. The minimum absolute atomic E-state index is 0.195. The van der Waals surface area contributed by atoms with E-state index in [2.05, 4.69) is 10.1 Å². The Labute approximate surface area is 86.3 Å². The SMILES string of the molecule is C/C=C\n1cnn(-c2ccncc2)c1=O. The Bertz CT molecular complexity index is 524. The lowest BCUT2D eigenvalue weighted by Gasteiger charge is -1.96. The molecule has 2 heterocycles. The third kappa shape index (κ3) is 1.71. The minimum Gasteiger partial charge on any atom is -0.265 e. The second-order valence-corrected chi connectivity index (χ2v) is 2.92. The molecule has 2 aromatic heterocycles. The molecule has 76 valence electrons. The zero-order chi connectivity index (χ0) is 10.7. The second-order valence-electron chi connectivity index (χ2n) is 2.92. The minimum atomic E-state index is -0.195. The van der Waals surface area contributed by atoms with Crippen LogP contribution in [0, 0.1) is 0 Å². The van der Waals surface area contributed by atoms with Gasteiger partial charge in [0.25, 0.3) is 0 Å². The molecule has 15 heavy (non-hydrogen) atoms. The summed E-state index contributed by atoms with van der Waals surface area (Å²) in [6.45, 7) is 1.84. The largest absolute Gasteiger partial charge is 0.354 e. The summed E-state index contributed by atoms with van der Waals surface area (Å²) in [5, 5.41) is 3.99. The lowest BCUT2D eigenvalue weighted by Crippen LogP contribution is -2.20. The van der Waals surface area contributed by atoms with Crippen LogP contribution in [0.1, 0.15) is 6.92 Å². The van der Waals surface area contributed by atoms with Crippen LogP contribution in [0.5, 0.6) is 0 Å². The number of pyridine rings is 1. The van der Waals surface area contributed by atoms with Gasteiger partial charge in [-0.1, -0.05) is 6.08 Å². The average molecular weight is 202 g/mol. The van der Waals surface area contributed by atoms with Crippen LogP contribution in [0.3, 0.4) is 0 Å². The Balaban J connectivity index is 2.52. The third-order valence-electron chi connectivity index (χ3n) is 1.91. The second kappa shape index (κ2) is 3.91. The lowest BCUT2D eigenvalue weighted by atomic mass is 10.4. The van der Waals surface area contributed by atoms with Gasteiger partial charge >= 0.3 is 5.69 Å². The highest BCUT2D eigenvalue weighted by Gasteiger charge is 2.03. The summed E-state index contributed by atoms with van der Waals surface area (Å²) in [4.78, 5) is 15.6. The Morgan fingerprint density at radius 1 is 1.33 bits per heavy atom. The Hall–Kier alpha value is -2.17. The normalized spacial score (nSPS) is 11.0. The molecule has 0 amide bonds. The molecule has 0 spiro atoms. The summed E-state index contributed by atoms with van der Waals surface area (Å²) in [6.07, 6.45) is 8.16.